The van der Waals surface area contributed by atoms with Crippen LogP contribution >= 0.6 is 0 Å². The number of carboxylic acid groups (broad SMARTS) is 1. The maximum absolute atomic E-state index is 12.4. The zero-order valence-electron chi connectivity index (χ0n) is 15.2. The number of nitrogens with one attached hydrogen (secondary N) is 2. The van der Waals surface area contributed by atoms with Gasteiger partial charge in [-0.1, -0.05) is 43.2 Å². The molecule has 6 nitrogen and oxygen atoms in total. The topological polar surface area (TPSA) is 95.5 Å². The van der Waals surface area contributed by atoms with Crippen molar-refractivity contribution in [2.75, 3.05) is 0 Å². The molecule has 1 saturated carbocycles. The van der Waals surface area contributed by atoms with E-state index in [1.165, 1.54) is 0 Å². The van der Waals surface area contributed by atoms with Crippen LogP contribution in [0.3, 0.4) is 0 Å². The molecule has 0 saturated heterocycles. The second-order valence-corrected chi connectivity index (χ2v) is 7.06. The molecule has 3 N–H and O–H groups in total. The molecule has 0 aromatic heterocycles. The lowest BCUT2D eigenvalue weighted by molar-refractivity contribution is -0.137. The van der Waals surface area contributed by atoms with Crippen molar-refractivity contribution in [3.63, 3.8) is 0 Å². The Morgan fingerprint density at radius 2 is 1.77 bits per heavy atom. The van der Waals surface area contributed by atoms with Crippen molar-refractivity contribution < 1.29 is 19.5 Å². The van der Waals surface area contributed by atoms with E-state index >= 15 is 0 Å². The highest BCUT2D eigenvalue weighted by molar-refractivity contribution is 5.81. The first-order chi connectivity index (χ1) is 12.5. The zero-order chi connectivity index (χ0) is 18.9. The van der Waals surface area contributed by atoms with Gasteiger partial charge in [-0.15, -0.1) is 0 Å². The second kappa shape index (κ2) is 9.94. The van der Waals surface area contributed by atoms with Crippen molar-refractivity contribution >= 4 is 17.8 Å². The van der Waals surface area contributed by atoms with E-state index in [4.69, 9.17) is 5.11 Å². The lowest BCUT2D eigenvalue weighted by Crippen LogP contribution is -2.40. The molecule has 26 heavy (non-hydrogen) atoms. The Morgan fingerprint density at radius 3 is 2.38 bits per heavy atom. The zero-order valence-corrected chi connectivity index (χ0v) is 15.2. The van der Waals surface area contributed by atoms with Gasteiger partial charge in [-0.05, 0) is 31.7 Å². The number of rotatable bonds is 9. The average Bonchev–Trinajstić information content (AvgIpc) is 3.13. The van der Waals surface area contributed by atoms with Crippen molar-refractivity contribution in [3.8, 4) is 0 Å². The van der Waals surface area contributed by atoms with Crippen LogP contribution in [0.15, 0.2) is 30.3 Å². The second-order valence-electron chi connectivity index (χ2n) is 7.06. The van der Waals surface area contributed by atoms with Crippen LogP contribution in [0.25, 0.3) is 0 Å². The minimum atomic E-state index is -0.891. The first kappa shape index (κ1) is 19.9. The third kappa shape index (κ3) is 6.50. The molecule has 1 aliphatic rings. The fraction of sp³-hybridized carbons (Fsp3) is 0.550. The molecule has 0 bridgehead atoms. The van der Waals surface area contributed by atoms with Gasteiger partial charge in [0.2, 0.25) is 11.8 Å². The normalized spacial score (nSPS) is 16.7. The molecule has 6 heteroatoms. The summed E-state index contributed by atoms with van der Waals surface area (Å²) in [6, 6.07) is 8.74. The van der Waals surface area contributed by atoms with E-state index in [0.717, 1.165) is 31.2 Å². The molecule has 2 rings (SSSR count). The lowest BCUT2D eigenvalue weighted by atomic mass is 10.0. The molecule has 142 valence electrons. The van der Waals surface area contributed by atoms with E-state index in [9.17, 15) is 14.4 Å². The Balaban J connectivity index is 1.87. The van der Waals surface area contributed by atoms with Crippen molar-refractivity contribution in [2.24, 2.45) is 5.92 Å². The predicted molar refractivity (Wildman–Crippen MR) is 98.4 cm³/mol. The Labute approximate surface area is 154 Å². The molecule has 2 atom stereocenters. The van der Waals surface area contributed by atoms with Gasteiger partial charge in [0.05, 0.1) is 6.04 Å². The van der Waals surface area contributed by atoms with Crippen LogP contribution in [-0.2, 0) is 14.4 Å². The van der Waals surface area contributed by atoms with Crippen LogP contribution in [0.5, 0.6) is 0 Å². The van der Waals surface area contributed by atoms with Crippen molar-refractivity contribution in [1.82, 2.24) is 10.6 Å². The first-order valence-electron chi connectivity index (χ1n) is 9.32. The molecule has 1 aromatic carbocycles. The van der Waals surface area contributed by atoms with Gasteiger partial charge in [0, 0.05) is 24.8 Å². The minimum absolute atomic E-state index is 0.0200. The van der Waals surface area contributed by atoms with Gasteiger partial charge in [0.15, 0.2) is 0 Å². The van der Waals surface area contributed by atoms with Crippen molar-refractivity contribution in [1.29, 1.82) is 0 Å². The summed E-state index contributed by atoms with van der Waals surface area (Å²) in [6.45, 7) is 1.82. The third-order valence-corrected chi connectivity index (χ3v) is 4.79. The van der Waals surface area contributed by atoms with E-state index in [2.05, 4.69) is 10.6 Å². The molecule has 1 aliphatic carbocycles. The van der Waals surface area contributed by atoms with Gasteiger partial charge in [-0.2, -0.15) is 0 Å². The van der Waals surface area contributed by atoms with Crippen LogP contribution in [0.1, 0.15) is 63.5 Å². The van der Waals surface area contributed by atoms with Crippen LogP contribution in [0, 0.1) is 5.92 Å². The molecule has 1 fully saturated rings. The number of hydrogen-bond acceptors (Lipinski definition) is 3. The highest BCUT2D eigenvalue weighted by atomic mass is 16.4. The summed E-state index contributed by atoms with van der Waals surface area (Å²) in [5.74, 6) is -0.970. The number of hydrogen-bond donors (Lipinski definition) is 3. The lowest BCUT2D eigenvalue weighted by Gasteiger charge is -2.21. The smallest absolute Gasteiger partial charge is 0.303 e. The maximum atomic E-state index is 12.4. The van der Waals surface area contributed by atoms with Crippen LogP contribution in [0.2, 0.25) is 0 Å². The molecular formula is C20H28N2O4. The van der Waals surface area contributed by atoms with Crippen molar-refractivity contribution in [2.45, 2.75) is 64.0 Å². The summed E-state index contributed by atoms with van der Waals surface area (Å²) in [5.41, 5.74) is 0.879. The Hall–Kier alpha value is -2.37. The van der Waals surface area contributed by atoms with E-state index in [1.54, 1.807) is 0 Å². The summed E-state index contributed by atoms with van der Waals surface area (Å²) < 4.78 is 0. The van der Waals surface area contributed by atoms with E-state index in [-0.39, 0.29) is 42.7 Å². The van der Waals surface area contributed by atoms with E-state index < -0.39 is 5.97 Å². The molecule has 2 unspecified atom stereocenters. The predicted octanol–water partition coefficient (Wildman–Crippen LogP) is 2.79. The summed E-state index contributed by atoms with van der Waals surface area (Å²) in [7, 11) is 0. The van der Waals surface area contributed by atoms with Crippen LogP contribution in [-0.4, -0.2) is 28.9 Å². The Morgan fingerprint density at radius 1 is 1.12 bits per heavy atom. The fourth-order valence-corrected chi connectivity index (χ4v) is 3.41. The SMILES string of the molecule is CC(CC(=O)NC(CCC(=O)O)c1ccccc1)NC(=O)C1CCCC1. The molecule has 0 aliphatic heterocycles. The molecule has 1 aromatic rings. The fourth-order valence-electron chi connectivity index (χ4n) is 3.41. The monoisotopic (exact) mass is 360 g/mol. The van der Waals surface area contributed by atoms with Crippen LogP contribution < -0.4 is 10.6 Å². The molecule has 0 heterocycles. The number of carbonyl (C=O) groups excluding carboxylic acids is 2. The van der Waals surface area contributed by atoms with Crippen LogP contribution in [0.4, 0.5) is 0 Å². The van der Waals surface area contributed by atoms with Crippen molar-refractivity contribution in [3.05, 3.63) is 35.9 Å². The standard InChI is InChI=1S/C20H28N2O4/c1-14(21-20(26)16-9-5-6-10-16)13-18(23)22-17(11-12-19(24)25)15-7-3-2-4-8-15/h2-4,7-8,14,16-17H,5-6,9-13H2,1H3,(H,21,26)(H,22,23)(H,24,25). The van der Waals surface area contributed by atoms with Gasteiger partial charge < -0.3 is 15.7 Å². The largest absolute Gasteiger partial charge is 0.481 e. The maximum Gasteiger partial charge on any atom is 0.303 e. The number of carbonyl (C=O) groups is 3. The minimum Gasteiger partial charge on any atom is -0.481 e. The molecule has 2 amide bonds. The summed E-state index contributed by atoms with van der Waals surface area (Å²) in [4.78, 5) is 35.4. The van der Waals surface area contributed by atoms with Gasteiger partial charge in [-0.3, -0.25) is 14.4 Å². The Bertz CT molecular complexity index is 611. The summed E-state index contributed by atoms with van der Waals surface area (Å²) in [5, 5.41) is 14.8. The first-order valence-corrected chi connectivity index (χ1v) is 9.32. The van der Waals surface area contributed by atoms with E-state index in [1.807, 2.05) is 37.3 Å². The van der Waals surface area contributed by atoms with Gasteiger partial charge in [0.25, 0.3) is 0 Å². The molecule has 0 spiro atoms. The highest BCUT2D eigenvalue weighted by Crippen LogP contribution is 2.25. The molecular weight excluding hydrogens is 332 g/mol. The summed E-state index contributed by atoms with van der Waals surface area (Å²) >= 11 is 0. The Kier molecular flexibility index (Phi) is 7.63. The molecule has 0 radical (unpaired) electrons. The van der Waals surface area contributed by atoms with Gasteiger partial charge in [0.1, 0.15) is 0 Å². The third-order valence-electron chi connectivity index (χ3n) is 4.79. The highest BCUT2D eigenvalue weighted by Gasteiger charge is 2.24. The average molecular weight is 360 g/mol. The number of benzene rings is 1. The van der Waals surface area contributed by atoms with Gasteiger partial charge >= 0.3 is 5.97 Å². The summed E-state index contributed by atoms with van der Waals surface area (Å²) in [6.07, 6.45) is 4.52. The number of amides is 2. The van der Waals surface area contributed by atoms with E-state index in [0.29, 0.717) is 6.42 Å². The van der Waals surface area contributed by atoms with Gasteiger partial charge in [-0.25, -0.2) is 0 Å². The number of aliphatic carboxylic acids is 1. The quantitative estimate of drug-likeness (QED) is 0.631. The number of carboxylic acids is 1.